The van der Waals surface area contributed by atoms with Gasteiger partial charge in [-0.1, -0.05) is 57.9 Å². The van der Waals surface area contributed by atoms with Crippen molar-refractivity contribution in [3.8, 4) is 0 Å². The Hall–Kier alpha value is -3.76. The van der Waals surface area contributed by atoms with Gasteiger partial charge in [0.1, 0.15) is 4.75 Å². The van der Waals surface area contributed by atoms with Crippen molar-refractivity contribution in [3.05, 3.63) is 99.7 Å². The Bertz CT molecular complexity index is 1720. The van der Waals surface area contributed by atoms with Crippen LogP contribution in [0.15, 0.2) is 82.3 Å². The summed E-state index contributed by atoms with van der Waals surface area (Å²) >= 11 is 5.02. The van der Waals surface area contributed by atoms with Gasteiger partial charge in [-0.15, -0.1) is 11.8 Å². The molecule has 45 heavy (non-hydrogen) atoms. The van der Waals surface area contributed by atoms with E-state index in [4.69, 9.17) is 0 Å². The van der Waals surface area contributed by atoms with Crippen molar-refractivity contribution in [1.29, 1.82) is 0 Å². The second-order valence-electron chi connectivity index (χ2n) is 11.9. The van der Waals surface area contributed by atoms with Gasteiger partial charge in [0.2, 0.25) is 11.8 Å². The number of amides is 4. The summed E-state index contributed by atoms with van der Waals surface area (Å²) in [6, 6.07) is 21.8. The summed E-state index contributed by atoms with van der Waals surface area (Å²) < 4.78 is -0.163. The van der Waals surface area contributed by atoms with Crippen LogP contribution in [0, 0.1) is 13.8 Å². The van der Waals surface area contributed by atoms with E-state index in [0.717, 1.165) is 42.5 Å². The third-order valence-electron chi connectivity index (χ3n) is 8.78. The van der Waals surface area contributed by atoms with E-state index in [1.165, 1.54) is 11.8 Å². The van der Waals surface area contributed by atoms with Gasteiger partial charge in [-0.2, -0.15) is 0 Å². The number of carbonyl (C=O) groups is 3. The molecule has 4 amide bonds. The molecule has 0 spiro atoms. The van der Waals surface area contributed by atoms with Gasteiger partial charge in [0.15, 0.2) is 0 Å². The standard InChI is InChI=1S/C35H38BrN5O3S/c1-4-37-34(44)40-17-15-39(16-18-40)33(43)35(45-27-12-5-23(2)6-13-27)20-31(42)41(22-25-8-10-26(36)11-9-25)32(35)29-21-38-30-19-24(3)7-14-28(29)30/h5-14,19,21,32,38H,4,15-18,20,22H2,1-3H3,(H,37,44)/t32-,35-/m0/s1. The van der Waals surface area contributed by atoms with Crippen LogP contribution in [0.4, 0.5) is 4.79 Å². The number of aromatic nitrogens is 1. The highest BCUT2D eigenvalue weighted by molar-refractivity contribution is 9.10. The van der Waals surface area contributed by atoms with E-state index in [1.54, 1.807) is 4.90 Å². The van der Waals surface area contributed by atoms with Crippen molar-refractivity contribution in [3.63, 3.8) is 0 Å². The molecule has 4 aromatic rings. The van der Waals surface area contributed by atoms with E-state index in [2.05, 4.69) is 51.4 Å². The lowest BCUT2D eigenvalue weighted by Gasteiger charge is -2.42. The van der Waals surface area contributed by atoms with Gasteiger partial charge in [0, 0.05) is 71.3 Å². The summed E-state index contributed by atoms with van der Waals surface area (Å²) in [6.45, 7) is 8.62. The van der Waals surface area contributed by atoms with Crippen LogP contribution in [-0.4, -0.2) is 75.0 Å². The minimum Gasteiger partial charge on any atom is -0.361 e. The van der Waals surface area contributed by atoms with Crippen molar-refractivity contribution in [2.24, 2.45) is 0 Å². The lowest BCUT2D eigenvalue weighted by atomic mass is 9.90. The van der Waals surface area contributed by atoms with Crippen molar-refractivity contribution in [2.75, 3.05) is 32.7 Å². The van der Waals surface area contributed by atoms with Gasteiger partial charge in [-0.05, 0) is 62.2 Å². The normalized spacial score (nSPS) is 20.2. The third kappa shape index (κ3) is 6.22. The fourth-order valence-electron chi connectivity index (χ4n) is 6.48. The Labute approximate surface area is 276 Å². The number of halogens is 1. The molecular formula is C35H38BrN5O3S. The highest BCUT2D eigenvalue weighted by Gasteiger charge is 2.59. The number of nitrogens with one attached hydrogen (secondary N) is 2. The number of thioether (sulfide) groups is 1. The predicted octanol–water partition coefficient (Wildman–Crippen LogP) is 6.43. The van der Waals surface area contributed by atoms with Crippen LogP contribution in [-0.2, 0) is 16.1 Å². The van der Waals surface area contributed by atoms with Crippen molar-refractivity contribution >= 4 is 56.4 Å². The molecule has 234 valence electrons. The number of aromatic amines is 1. The van der Waals surface area contributed by atoms with Crippen LogP contribution in [0.1, 0.15) is 41.6 Å². The Morgan fingerprint density at radius 2 is 1.62 bits per heavy atom. The van der Waals surface area contributed by atoms with E-state index in [9.17, 15) is 9.59 Å². The Morgan fingerprint density at radius 3 is 2.31 bits per heavy atom. The quantitative estimate of drug-likeness (QED) is 0.235. The van der Waals surface area contributed by atoms with Crippen LogP contribution in [0.5, 0.6) is 0 Å². The fourth-order valence-corrected chi connectivity index (χ4v) is 8.22. The molecule has 2 aliphatic heterocycles. The highest BCUT2D eigenvalue weighted by Crippen LogP contribution is 2.55. The molecule has 0 saturated carbocycles. The molecule has 6 rings (SSSR count). The van der Waals surface area contributed by atoms with E-state index in [0.29, 0.717) is 39.3 Å². The maximum atomic E-state index is 15.1. The Balaban J connectivity index is 1.46. The highest BCUT2D eigenvalue weighted by atomic mass is 79.9. The number of rotatable bonds is 7. The smallest absolute Gasteiger partial charge is 0.317 e. The average molecular weight is 689 g/mol. The minimum absolute atomic E-state index is 0.0571. The maximum Gasteiger partial charge on any atom is 0.317 e. The van der Waals surface area contributed by atoms with Gasteiger partial charge in [0.25, 0.3) is 0 Å². The van der Waals surface area contributed by atoms with E-state index in [-0.39, 0.29) is 24.3 Å². The lowest BCUT2D eigenvalue weighted by molar-refractivity contribution is -0.136. The number of benzene rings is 3. The number of nitrogens with zero attached hydrogens (tertiary/aromatic N) is 3. The summed E-state index contributed by atoms with van der Waals surface area (Å²) in [5.41, 5.74) is 5.16. The number of H-pyrrole nitrogens is 1. The van der Waals surface area contributed by atoms with Crippen LogP contribution in [0.3, 0.4) is 0 Å². The first kappa shape index (κ1) is 31.2. The van der Waals surface area contributed by atoms with Crippen molar-refractivity contribution < 1.29 is 14.4 Å². The minimum atomic E-state index is -1.13. The van der Waals surface area contributed by atoms with E-state index in [1.807, 2.05) is 78.4 Å². The second-order valence-corrected chi connectivity index (χ2v) is 14.3. The first-order valence-corrected chi connectivity index (χ1v) is 17.0. The number of hydrogen-bond donors (Lipinski definition) is 2. The number of likely N-dealkylation sites (tertiary alicyclic amines) is 1. The first-order chi connectivity index (χ1) is 21.7. The van der Waals surface area contributed by atoms with Gasteiger partial charge in [0.05, 0.1) is 12.5 Å². The van der Waals surface area contributed by atoms with Gasteiger partial charge in [-0.3, -0.25) is 9.59 Å². The molecule has 10 heteroatoms. The van der Waals surface area contributed by atoms with Gasteiger partial charge >= 0.3 is 6.03 Å². The molecule has 3 aromatic carbocycles. The second kappa shape index (κ2) is 12.9. The molecule has 2 fully saturated rings. The molecule has 1 aromatic heterocycles. The molecule has 8 nitrogen and oxygen atoms in total. The van der Waals surface area contributed by atoms with Gasteiger partial charge in [-0.25, -0.2) is 4.79 Å². The van der Waals surface area contributed by atoms with Crippen LogP contribution < -0.4 is 5.32 Å². The molecule has 2 atom stereocenters. The number of aryl methyl sites for hydroxylation is 2. The molecule has 0 radical (unpaired) electrons. The van der Waals surface area contributed by atoms with Gasteiger partial charge < -0.3 is 25.0 Å². The zero-order valence-electron chi connectivity index (χ0n) is 25.8. The molecule has 0 unspecified atom stereocenters. The Kier molecular flexibility index (Phi) is 8.97. The van der Waals surface area contributed by atoms with Crippen molar-refractivity contribution in [1.82, 2.24) is 25.0 Å². The topological polar surface area (TPSA) is 88.8 Å². The molecule has 0 aliphatic carbocycles. The summed E-state index contributed by atoms with van der Waals surface area (Å²) in [6.07, 6.45) is 2.05. The monoisotopic (exact) mass is 687 g/mol. The maximum absolute atomic E-state index is 15.1. The molecule has 2 saturated heterocycles. The SMILES string of the molecule is CCNC(=O)N1CCN(C(=O)[C@]2(Sc3ccc(C)cc3)CC(=O)N(Cc3ccc(Br)cc3)[C@H]2c2c[nH]c3cc(C)ccc23)CC1. The van der Waals surface area contributed by atoms with Crippen LogP contribution >= 0.6 is 27.7 Å². The van der Waals surface area contributed by atoms with Crippen LogP contribution in [0.25, 0.3) is 10.9 Å². The first-order valence-electron chi connectivity index (χ1n) is 15.4. The third-order valence-corrected chi connectivity index (χ3v) is 10.7. The van der Waals surface area contributed by atoms with Crippen LogP contribution in [0.2, 0.25) is 0 Å². The summed E-state index contributed by atoms with van der Waals surface area (Å²) in [5, 5.41) is 3.87. The molecular weight excluding hydrogens is 650 g/mol. The van der Waals surface area contributed by atoms with E-state index < -0.39 is 10.8 Å². The van der Waals surface area contributed by atoms with E-state index >= 15 is 4.79 Å². The molecule has 2 aliphatic rings. The Morgan fingerprint density at radius 1 is 0.956 bits per heavy atom. The largest absolute Gasteiger partial charge is 0.361 e. The molecule has 2 N–H and O–H groups in total. The number of piperazine rings is 1. The number of fused-ring (bicyclic) bond motifs is 1. The molecule has 0 bridgehead atoms. The number of urea groups is 1. The lowest BCUT2D eigenvalue weighted by Crippen LogP contribution is -2.58. The summed E-state index contributed by atoms with van der Waals surface area (Å²) in [4.78, 5) is 51.8. The zero-order valence-corrected chi connectivity index (χ0v) is 28.2. The zero-order chi connectivity index (χ0) is 31.7. The number of hydrogen-bond acceptors (Lipinski definition) is 4. The summed E-state index contributed by atoms with van der Waals surface area (Å²) in [7, 11) is 0. The molecule has 3 heterocycles. The summed E-state index contributed by atoms with van der Waals surface area (Å²) in [5.74, 6) is -0.125. The van der Waals surface area contributed by atoms with Crippen molar-refractivity contribution in [2.45, 2.75) is 49.4 Å². The number of carbonyl (C=O) groups excluding carboxylic acids is 3. The fraction of sp³-hybridized carbons (Fsp3) is 0.343. The average Bonchev–Trinajstić information content (AvgIpc) is 3.56. The predicted molar refractivity (Wildman–Crippen MR) is 182 cm³/mol.